The minimum absolute atomic E-state index is 0.0552. The highest BCUT2D eigenvalue weighted by molar-refractivity contribution is 7.89. The van der Waals surface area contributed by atoms with E-state index in [9.17, 15) is 13.2 Å². The van der Waals surface area contributed by atoms with Crippen LogP contribution in [0.5, 0.6) is 0 Å². The SMILES string of the molecule is CCCCS(=O)(=O)N1CCC[C@H](C(=O)NC)C1. The van der Waals surface area contributed by atoms with Gasteiger partial charge >= 0.3 is 0 Å². The van der Waals surface area contributed by atoms with Crippen molar-refractivity contribution in [2.24, 2.45) is 5.92 Å². The van der Waals surface area contributed by atoms with Crippen LogP contribution in [0.4, 0.5) is 0 Å². The Morgan fingerprint density at radius 1 is 1.47 bits per heavy atom. The number of carbonyl (C=O) groups is 1. The fourth-order valence-electron chi connectivity index (χ4n) is 2.07. The molecule has 1 aliphatic rings. The van der Waals surface area contributed by atoms with Crippen molar-refractivity contribution in [3.05, 3.63) is 0 Å². The summed E-state index contributed by atoms with van der Waals surface area (Å²) in [6.07, 6.45) is 3.10. The van der Waals surface area contributed by atoms with Gasteiger partial charge in [-0.15, -0.1) is 0 Å². The molecule has 1 fully saturated rings. The van der Waals surface area contributed by atoms with E-state index in [1.807, 2.05) is 6.92 Å². The van der Waals surface area contributed by atoms with E-state index in [4.69, 9.17) is 0 Å². The molecule has 1 atom stereocenters. The number of amides is 1. The predicted molar refractivity (Wildman–Crippen MR) is 67.1 cm³/mol. The molecule has 6 heteroatoms. The lowest BCUT2D eigenvalue weighted by Crippen LogP contribution is -2.45. The molecular formula is C11H22N2O3S. The van der Waals surface area contributed by atoms with Crippen LogP contribution in [0.2, 0.25) is 0 Å². The summed E-state index contributed by atoms with van der Waals surface area (Å²) in [5.41, 5.74) is 0. The molecule has 0 bridgehead atoms. The maximum absolute atomic E-state index is 12.0. The Bertz CT molecular complexity index is 354. The van der Waals surface area contributed by atoms with Gasteiger partial charge in [0.1, 0.15) is 0 Å². The van der Waals surface area contributed by atoms with Crippen molar-refractivity contribution in [2.45, 2.75) is 32.6 Å². The van der Waals surface area contributed by atoms with Gasteiger partial charge < -0.3 is 5.32 Å². The van der Waals surface area contributed by atoms with Crippen LogP contribution in [0.25, 0.3) is 0 Å². The summed E-state index contributed by atoms with van der Waals surface area (Å²) in [5.74, 6) is -0.0465. The number of nitrogens with one attached hydrogen (secondary N) is 1. The zero-order valence-corrected chi connectivity index (χ0v) is 11.4. The average Bonchev–Trinajstić information content (AvgIpc) is 2.35. The minimum Gasteiger partial charge on any atom is -0.359 e. The van der Waals surface area contributed by atoms with Crippen LogP contribution in [-0.2, 0) is 14.8 Å². The van der Waals surface area contributed by atoms with E-state index >= 15 is 0 Å². The number of hydrogen-bond donors (Lipinski definition) is 1. The highest BCUT2D eigenvalue weighted by atomic mass is 32.2. The average molecular weight is 262 g/mol. The van der Waals surface area contributed by atoms with E-state index in [2.05, 4.69) is 5.32 Å². The highest BCUT2D eigenvalue weighted by Crippen LogP contribution is 2.20. The number of piperidine rings is 1. The summed E-state index contributed by atoms with van der Waals surface area (Å²) in [6, 6.07) is 0. The summed E-state index contributed by atoms with van der Waals surface area (Å²) < 4.78 is 25.5. The molecule has 0 spiro atoms. The molecule has 1 aliphatic heterocycles. The van der Waals surface area contributed by atoms with Crippen molar-refractivity contribution < 1.29 is 13.2 Å². The van der Waals surface area contributed by atoms with Crippen molar-refractivity contribution in [3.8, 4) is 0 Å². The van der Waals surface area contributed by atoms with Gasteiger partial charge in [0, 0.05) is 20.1 Å². The maximum Gasteiger partial charge on any atom is 0.224 e. The van der Waals surface area contributed by atoms with Crippen LogP contribution in [0.3, 0.4) is 0 Å². The van der Waals surface area contributed by atoms with Crippen LogP contribution >= 0.6 is 0 Å². The topological polar surface area (TPSA) is 66.5 Å². The molecule has 1 N–H and O–H groups in total. The smallest absolute Gasteiger partial charge is 0.224 e. The summed E-state index contributed by atoms with van der Waals surface area (Å²) in [7, 11) is -1.58. The van der Waals surface area contributed by atoms with Crippen molar-refractivity contribution in [1.82, 2.24) is 9.62 Å². The summed E-state index contributed by atoms with van der Waals surface area (Å²) in [6.45, 7) is 2.87. The van der Waals surface area contributed by atoms with Gasteiger partial charge in [-0.1, -0.05) is 13.3 Å². The summed E-state index contributed by atoms with van der Waals surface area (Å²) >= 11 is 0. The monoisotopic (exact) mass is 262 g/mol. The van der Waals surface area contributed by atoms with E-state index in [-0.39, 0.29) is 17.6 Å². The number of unbranched alkanes of at least 4 members (excludes halogenated alkanes) is 1. The minimum atomic E-state index is -3.17. The van der Waals surface area contributed by atoms with Crippen molar-refractivity contribution >= 4 is 15.9 Å². The molecule has 1 saturated heterocycles. The summed E-state index contributed by atoms with van der Waals surface area (Å²) in [4.78, 5) is 11.5. The highest BCUT2D eigenvalue weighted by Gasteiger charge is 2.31. The molecule has 0 saturated carbocycles. The number of hydrogen-bond acceptors (Lipinski definition) is 3. The molecule has 1 heterocycles. The van der Waals surface area contributed by atoms with Crippen LogP contribution in [0.1, 0.15) is 32.6 Å². The maximum atomic E-state index is 12.0. The second-order valence-electron chi connectivity index (χ2n) is 4.48. The van der Waals surface area contributed by atoms with Gasteiger partial charge in [-0.3, -0.25) is 4.79 Å². The number of rotatable bonds is 5. The molecule has 100 valence electrons. The van der Waals surface area contributed by atoms with E-state index < -0.39 is 10.0 Å². The molecule has 0 radical (unpaired) electrons. The zero-order chi connectivity index (χ0) is 12.9. The van der Waals surface area contributed by atoms with Gasteiger partial charge in [-0.05, 0) is 19.3 Å². The third kappa shape index (κ3) is 3.96. The van der Waals surface area contributed by atoms with E-state index in [0.717, 1.165) is 19.3 Å². The molecule has 1 amide bonds. The fraction of sp³-hybridized carbons (Fsp3) is 0.909. The largest absolute Gasteiger partial charge is 0.359 e. The van der Waals surface area contributed by atoms with Crippen LogP contribution in [0, 0.1) is 5.92 Å². The second-order valence-corrected chi connectivity index (χ2v) is 6.57. The van der Waals surface area contributed by atoms with Crippen molar-refractivity contribution in [3.63, 3.8) is 0 Å². The molecule has 17 heavy (non-hydrogen) atoms. The first-order valence-electron chi connectivity index (χ1n) is 6.20. The van der Waals surface area contributed by atoms with Crippen molar-refractivity contribution in [1.29, 1.82) is 0 Å². The lowest BCUT2D eigenvalue weighted by Gasteiger charge is -2.30. The van der Waals surface area contributed by atoms with Crippen LogP contribution in [0.15, 0.2) is 0 Å². The lowest BCUT2D eigenvalue weighted by molar-refractivity contribution is -0.125. The Hall–Kier alpha value is -0.620. The van der Waals surface area contributed by atoms with Crippen molar-refractivity contribution in [2.75, 3.05) is 25.9 Å². The third-order valence-corrected chi connectivity index (χ3v) is 5.07. The molecule has 0 aromatic heterocycles. The van der Waals surface area contributed by atoms with E-state index in [0.29, 0.717) is 19.5 Å². The molecular weight excluding hydrogens is 240 g/mol. The quantitative estimate of drug-likeness (QED) is 0.788. The van der Waals surface area contributed by atoms with Gasteiger partial charge in [-0.2, -0.15) is 0 Å². The lowest BCUT2D eigenvalue weighted by atomic mass is 9.99. The first-order valence-corrected chi connectivity index (χ1v) is 7.81. The standard InChI is InChI=1S/C11H22N2O3S/c1-3-4-8-17(15,16)13-7-5-6-10(9-13)11(14)12-2/h10H,3-9H2,1-2H3,(H,12,14)/t10-/m0/s1. The zero-order valence-electron chi connectivity index (χ0n) is 10.6. The molecule has 0 aromatic rings. The molecule has 0 unspecified atom stereocenters. The van der Waals surface area contributed by atoms with E-state index in [1.54, 1.807) is 7.05 Å². The Morgan fingerprint density at radius 3 is 2.76 bits per heavy atom. The molecule has 1 rings (SSSR count). The summed E-state index contributed by atoms with van der Waals surface area (Å²) in [5, 5.41) is 2.59. The number of carbonyl (C=O) groups excluding carboxylic acids is 1. The normalized spacial score (nSPS) is 22.4. The number of nitrogens with zero attached hydrogens (tertiary/aromatic N) is 1. The Kier molecular flexibility index (Phi) is 5.39. The van der Waals surface area contributed by atoms with Crippen LogP contribution < -0.4 is 5.32 Å². The van der Waals surface area contributed by atoms with Gasteiger partial charge in [0.25, 0.3) is 0 Å². The van der Waals surface area contributed by atoms with Gasteiger partial charge in [-0.25, -0.2) is 12.7 Å². The molecule has 5 nitrogen and oxygen atoms in total. The van der Waals surface area contributed by atoms with Gasteiger partial charge in [0.2, 0.25) is 15.9 Å². The van der Waals surface area contributed by atoms with Crippen LogP contribution in [-0.4, -0.2) is 44.5 Å². The predicted octanol–water partition coefficient (Wildman–Crippen LogP) is 0.574. The second kappa shape index (κ2) is 6.35. The first kappa shape index (κ1) is 14.4. The molecule has 0 aromatic carbocycles. The third-order valence-electron chi connectivity index (χ3n) is 3.15. The number of sulfonamides is 1. The Balaban J connectivity index is 2.63. The fourth-order valence-corrected chi connectivity index (χ4v) is 3.80. The van der Waals surface area contributed by atoms with Gasteiger partial charge in [0.15, 0.2) is 0 Å². The first-order chi connectivity index (χ1) is 8.01. The van der Waals surface area contributed by atoms with E-state index in [1.165, 1.54) is 4.31 Å². The Morgan fingerprint density at radius 2 is 2.18 bits per heavy atom. The molecule has 0 aliphatic carbocycles. The van der Waals surface area contributed by atoms with Gasteiger partial charge in [0.05, 0.1) is 11.7 Å². The Labute approximate surface area is 104 Å².